The van der Waals surface area contributed by atoms with Crippen LogP contribution in [0.5, 0.6) is 5.75 Å². The standard InChI is InChI=1S/C15H18N2O3S2/c1-12(2)11-20-14-7-4-3-6-13(14)10-16-17-22(18,19)15-8-5-9-21-15/h3-10,12,17H,11H2,1-2H3/b16-10+. The van der Waals surface area contributed by atoms with Crippen LogP contribution in [0.3, 0.4) is 0 Å². The van der Waals surface area contributed by atoms with Crippen LogP contribution in [0, 0.1) is 5.92 Å². The first-order valence-electron chi connectivity index (χ1n) is 6.79. The molecule has 1 heterocycles. The van der Waals surface area contributed by atoms with Gasteiger partial charge in [-0.2, -0.15) is 18.4 Å². The van der Waals surface area contributed by atoms with Gasteiger partial charge in [-0.3, -0.25) is 0 Å². The lowest BCUT2D eigenvalue weighted by atomic mass is 10.2. The Hall–Kier alpha value is -1.86. The summed E-state index contributed by atoms with van der Waals surface area (Å²) in [5.41, 5.74) is 0.719. The summed E-state index contributed by atoms with van der Waals surface area (Å²) in [6.45, 7) is 4.71. The second-order valence-electron chi connectivity index (χ2n) is 5.03. The van der Waals surface area contributed by atoms with E-state index in [-0.39, 0.29) is 4.21 Å². The summed E-state index contributed by atoms with van der Waals surface area (Å²) in [7, 11) is -3.60. The van der Waals surface area contributed by atoms with Crippen molar-refractivity contribution in [1.82, 2.24) is 4.83 Å². The van der Waals surface area contributed by atoms with E-state index in [0.717, 1.165) is 16.9 Å². The summed E-state index contributed by atoms with van der Waals surface area (Å²) in [5, 5.41) is 5.52. The number of sulfonamides is 1. The Bertz CT molecular complexity index is 723. The highest BCUT2D eigenvalue weighted by atomic mass is 32.2. The van der Waals surface area contributed by atoms with Crippen LogP contribution in [-0.4, -0.2) is 21.2 Å². The van der Waals surface area contributed by atoms with Crippen molar-refractivity contribution in [3.05, 3.63) is 47.3 Å². The van der Waals surface area contributed by atoms with Crippen LogP contribution < -0.4 is 9.57 Å². The zero-order valence-electron chi connectivity index (χ0n) is 12.4. The third kappa shape index (κ3) is 4.57. The van der Waals surface area contributed by atoms with Crippen molar-refractivity contribution in [1.29, 1.82) is 0 Å². The predicted octanol–water partition coefficient (Wildman–Crippen LogP) is 3.10. The normalized spacial score (nSPS) is 12.0. The van der Waals surface area contributed by atoms with Gasteiger partial charge in [0.1, 0.15) is 9.96 Å². The minimum Gasteiger partial charge on any atom is -0.493 e. The third-order valence-corrected chi connectivity index (χ3v) is 5.25. The summed E-state index contributed by atoms with van der Waals surface area (Å²) < 4.78 is 29.8. The molecule has 0 unspecified atom stereocenters. The van der Waals surface area contributed by atoms with E-state index in [2.05, 4.69) is 23.8 Å². The zero-order chi connectivity index (χ0) is 16.0. The molecule has 0 radical (unpaired) electrons. The molecule has 0 spiro atoms. The van der Waals surface area contributed by atoms with Gasteiger partial charge in [0, 0.05) is 5.56 Å². The molecule has 0 atom stereocenters. The highest BCUT2D eigenvalue weighted by Gasteiger charge is 2.13. The molecular weight excluding hydrogens is 320 g/mol. The van der Waals surface area contributed by atoms with E-state index in [0.29, 0.717) is 18.3 Å². The van der Waals surface area contributed by atoms with E-state index in [1.54, 1.807) is 11.4 Å². The Balaban J connectivity index is 2.07. The molecule has 2 aromatic rings. The number of ether oxygens (including phenoxy) is 1. The Morgan fingerprint density at radius 3 is 2.73 bits per heavy atom. The number of hydrogen-bond acceptors (Lipinski definition) is 5. The molecule has 1 N–H and O–H groups in total. The van der Waals surface area contributed by atoms with Crippen LogP contribution in [0.15, 0.2) is 51.1 Å². The molecule has 5 nitrogen and oxygen atoms in total. The van der Waals surface area contributed by atoms with Gasteiger partial charge in [0.2, 0.25) is 0 Å². The SMILES string of the molecule is CC(C)COc1ccccc1/C=N/NS(=O)(=O)c1cccs1. The Kier molecular flexibility index (Phi) is 5.57. The van der Waals surface area contributed by atoms with Gasteiger partial charge in [-0.05, 0) is 29.5 Å². The molecule has 0 aliphatic carbocycles. The molecule has 1 aromatic carbocycles. The Morgan fingerprint density at radius 1 is 1.27 bits per heavy atom. The first-order chi connectivity index (χ1) is 10.5. The quantitative estimate of drug-likeness (QED) is 0.623. The molecule has 22 heavy (non-hydrogen) atoms. The Morgan fingerprint density at radius 2 is 2.05 bits per heavy atom. The van der Waals surface area contributed by atoms with Crippen molar-refractivity contribution in [3.8, 4) is 5.75 Å². The molecule has 0 bridgehead atoms. The van der Waals surface area contributed by atoms with E-state index >= 15 is 0 Å². The van der Waals surface area contributed by atoms with Crippen LogP contribution in [0.2, 0.25) is 0 Å². The molecule has 0 amide bonds. The van der Waals surface area contributed by atoms with E-state index in [1.807, 2.05) is 24.3 Å². The number of benzene rings is 1. The molecule has 0 saturated carbocycles. The monoisotopic (exact) mass is 338 g/mol. The molecule has 1 aromatic heterocycles. The van der Waals surface area contributed by atoms with Gasteiger partial charge in [0.15, 0.2) is 0 Å². The second kappa shape index (κ2) is 7.42. The molecule has 7 heteroatoms. The summed E-state index contributed by atoms with van der Waals surface area (Å²) in [6.07, 6.45) is 1.45. The maximum absolute atomic E-state index is 11.9. The summed E-state index contributed by atoms with van der Waals surface area (Å²) in [5.74, 6) is 1.08. The first kappa shape index (κ1) is 16.5. The summed E-state index contributed by atoms with van der Waals surface area (Å²) in [4.78, 5) is 2.20. The van der Waals surface area contributed by atoms with E-state index < -0.39 is 10.0 Å². The molecule has 2 rings (SSSR count). The average Bonchev–Trinajstić information content (AvgIpc) is 3.01. The number of thiophene rings is 1. The van der Waals surface area contributed by atoms with Gasteiger partial charge < -0.3 is 4.74 Å². The van der Waals surface area contributed by atoms with Gasteiger partial charge in [-0.15, -0.1) is 11.3 Å². The van der Waals surface area contributed by atoms with E-state index in [9.17, 15) is 8.42 Å². The largest absolute Gasteiger partial charge is 0.493 e. The smallest absolute Gasteiger partial charge is 0.286 e. The fourth-order valence-electron chi connectivity index (χ4n) is 1.60. The fourth-order valence-corrected chi connectivity index (χ4v) is 3.37. The number of nitrogens with zero attached hydrogens (tertiary/aromatic N) is 1. The van der Waals surface area contributed by atoms with Crippen LogP contribution in [-0.2, 0) is 10.0 Å². The first-order valence-corrected chi connectivity index (χ1v) is 9.15. The van der Waals surface area contributed by atoms with Crippen LogP contribution in [0.25, 0.3) is 0 Å². The number of nitrogens with one attached hydrogen (secondary N) is 1. The number of rotatable bonds is 7. The number of hydrogen-bond donors (Lipinski definition) is 1. The van der Waals surface area contributed by atoms with Gasteiger partial charge in [0.25, 0.3) is 10.0 Å². The lowest BCUT2D eigenvalue weighted by Crippen LogP contribution is -2.17. The van der Waals surface area contributed by atoms with Crippen molar-refractivity contribution in [3.63, 3.8) is 0 Å². The highest BCUT2D eigenvalue weighted by molar-refractivity contribution is 7.91. The van der Waals surface area contributed by atoms with Crippen LogP contribution in [0.1, 0.15) is 19.4 Å². The van der Waals surface area contributed by atoms with Gasteiger partial charge in [0.05, 0.1) is 12.8 Å². The van der Waals surface area contributed by atoms with Crippen molar-refractivity contribution in [2.24, 2.45) is 11.0 Å². The van der Waals surface area contributed by atoms with Crippen molar-refractivity contribution >= 4 is 27.6 Å². The molecule has 0 saturated heterocycles. The second-order valence-corrected chi connectivity index (χ2v) is 7.86. The Labute approximate surface area is 134 Å². The van der Waals surface area contributed by atoms with Crippen molar-refractivity contribution < 1.29 is 13.2 Å². The average molecular weight is 338 g/mol. The van der Waals surface area contributed by atoms with Crippen LogP contribution >= 0.6 is 11.3 Å². The number of para-hydroxylation sites is 1. The lowest BCUT2D eigenvalue weighted by molar-refractivity contribution is 0.270. The third-order valence-electron chi connectivity index (χ3n) is 2.63. The topological polar surface area (TPSA) is 67.8 Å². The van der Waals surface area contributed by atoms with Crippen LogP contribution in [0.4, 0.5) is 0 Å². The summed E-state index contributed by atoms with van der Waals surface area (Å²) >= 11 is 1.14. The predicted molar refractivity (Wildman–Crippen MR) is 89.0 cm³/mol. The zero-order valence-corrected chi connectivity index (χ0v) is 14.0. The van der Waals surface area contributed by atoms with Gasteiger partial charge in [-0.1, -0.05) is 32.0 Å². The maximum atomic E-state index is 11.9. The lowest BCUT2D eigenvalue weighted by Gasteiger charge is -2.10. The maximum Gasteiger partial charge on any atom is 0.286 e. The molecule has 0 fully saturated rings. The molecule has 0 aliphatic rings. The summed E-state index contributed by atoms with van der Waals surface area (Å²) in [6, 6.07) is 10.6. The highest BCUT2D eigenvalue weighted by Crippen LogP contribution is 2.17. The van der Waals surface area contributed by atoms with Gasteiger partial charge in [-0.25, -0.2) is 0 Å². The van der Waals surface area contributed by atoms with Crippen molar-refractivity contribution in [2.45, 2.75) is 18.1 Å². The van der Waals surface area contributed by atoms with E-state index in [4.69, 9.17) is 4.74 Å². The molecule has 118 valence electrons. The molecular formula is C15H18N2O3S2. The van der Waals surface area contributed by atoms with E-state index in [1.165, 1.54) is 12.3 Å². The minimum absolute atomic E-state index is 0.231. The minimum atomic E-state index is -3.60. The van der Waals surface area contributed by atoms with Gasteiger partial charge >= 0.3 is 0 Å². The molecule has 0 aliphatic heterocycles. The fraction of sp³-hybridized carbons (Fsp3) is 0.267. The number of hydrazone groups is 1. The van der Waals surface area contributed by atoms with Crippen molar-refractivity contribution in [2.75, 3.05) is 6.61 Å².